The second-order valence-corrected chi connectivity index (χ2v) is 8.92. The number of carbonyl (C=O) groups excluding carboxylic acids is 1. The summed E-state index contributed by atoms with van der Waals surface area (Å²) in [7, 11) is 0. The number of benzene rings is 2. The quantitative estimate of drug-likeness (QED) is 0.413. The Morgan fingerprint density at radius 2 is 1.77 bits per heavy atom. The number of hydrogen-bond acceptors (Lipinski definition) is 6. The summed E-state index contributed by atoms with van der Waals surface area (Å²) in [5.41, 5.74) is 2.33. The van der Waals surface area contributed by atoms with Gasteiger partial charge in [0, 0.05) is 18.0 Å². The lowest BCUT2D eigenvalue weighted by molar-refractivity contribution is -0.115. The monoisotopic (exact) mass is 435 g/mol. The van der Waals surface area contributed by atoms with Crippen LogP contribution in [0.4, 0.5) is 5.13 Å². The summed E-state index contributed by atoms with van der Waals surface area (Å²) in [5, 5.41) is 14.5. The predicted octanol–water partition coefficient (Wildman–Crippen LogP) is 4.49. The molecule has 0 aliphatic heterocycles. The van der Waals surface area contributed by atoms with Gasteiger partial charge < -0.3 is 9.88 Å². The first-order chi connectivity index (χ1) is 14.7. The molecule has 4 rings (SSSR count). The molecular formula is C22H21N5OS2. The maximum absolute atomic E-state index is 12.6. The number of rotatable bonds is 8. The SMILES string of the molecule is C[C@H](Sc1nnc(Cc2ccccc2)n1Cc1ccccc1)C(=O)Nc1nccs1. The first-order valence-corrected chi connectivity index (χ1v) is 11.3. The Bertz CT molecular complexity index is 1080. The Morgan fingerprint density at radius 3 is 2.43 bits per heavy atom. The highest BCUT2D eigenvalue weighted by Crippen LogP contribution is 2.25. The van der Waals surface area contributed by atoms with E-state index in [4.69, 9.17) is 0 Å². The maximum Gasteiger partial charge on any atom is 0.239 e. The highest BCUT2D eigenvalue weighted by atomic mass is 32.2. The van der Waals surface area contributed by atoms with Gasteiger partial charge in [-0.25, -0.2) is 4.98 Å². The first kappa shape index (κ1) is 20.3. The Hall–Kier alpha value is -2.97. The van der Waals surface area contributed by atoms with Crippen LogP contribution in [0.15, 0.2) is 77.4 Å². The minimum absolute atomic E-state index is 0.103. The summed E-state index contributed by atoms with van der Waals surface area (Å²) < 4.78 is 2.10. The molecule has 6 nitrogen and oxygen atoms in total. The van der Waals surface area contributed by atoms with Gasteiger partial charge in [-0.3, -0.25) is 4.79 Å². The molecule has 8 heteroatoms. The smallest absolute Gasteiger partial charge is 0.239 e. The van der Waals surface area contributed by atoms with Crippen LogP contribution in [0.3, 0.4) is 0 Å². The van der Waals surface area contributed by atoms with Crippen molar-refractivity contribution < 1.29 is 4.79 Å². The molecular weight excluding hydrogens is 414 g/mol. The highest BCUT2D eigenvalue weighted by Gasteiger charge is 2.21. The third-order valence-electron chi connectivity index (χ3n) is 4.50. The zero-order valence-corrected chi connectivity index (χ0v) is 18.1. The van der Waals surface area contributed by atoms with Gasteiger partial charge in [-0.05, 0) is 18.1 Å². The fourth-order valence-electron chi connectivity index (χ4n) is 2.94. The van der Waals surface area contributed by atoms with E-state index >= 15 is 0 Å². The Morgan fingerprint density at radius 1 is 1.07 bits per heavy atom. The number of thioether (sulfide) groups is 1. The third kappa shape index (κ3) is 5.14. The van der Waals surface area contributed by atoms with Gasteiger partial charge in [-0.1, -0.05) is 72.4 Å². The summed E-state index contributed by atoms with van der Waals surface area (Å²) in [6, 6.07) is 20.4. The fourth-order valence-corrected chi connectivity index (χ4v) is 4.34. The molecule has 0 aliphatic carbocycles. The number of carbonyl (C=O) groups is 1. The number of aromatic nitrogens is 4. The van der Waals surface area contributed by atoms with E-state index in [-0.39, 0.29) is 11.2 Å². The van der Waals surface area contributed by atoms with E-state index in [1.165, 1.54) is 28.7 Å². The number of hydrogen-bond donors (Lipinski definition) is 1. The zero-order valence-electron chi connectivity index (χ0n) is 16.4. The largest absolute Gasteiger partial charge is 0.301 e. The highest BCUT2D eigenvalue weighted by molar-refractivity contribution is 8.00. The van der Waals surface area contributed by atoms with Crippen molar-refractivity contribution in [3.05, 3.63) is 89.2 Å². The van der Waals surface area contributed by atoms with E-state index < -0.39 is 0 Å². The van der Waals surface area contributed by atoms with Gasteiger partial charge in [0.2, 0.25) is 5.91 Å². The van der Waals surface area contributed by atoms with Crippen LogP contribution in [-0.2, 0) is 17.8 Å². The Kier molecular flexibility index (Phi) is 6.56. The minimum Gasteiger partial charge on any atom is -0.301 e. The van der Waals surface area contributed by atoms with Gasteiger partial charge in [-0.15, -0.1) is 21.5 Å². The van der Waals surface area contributed by atoms with E-state index in [2.05, 4.69) is 49.3 Å². The lowest BCUT2D eigenvalue weighted by Gasteiger charge is -2.13. The van der Waals surface area contributed by atoms with Crippen LogP contribution in [0.25, 0.3) is 0 Å². The topological polar surface area (TPSA) is 72.7 Å². The first-order valence-electron chi connectivity index (χ1n) is 9.56. The van der Waals surface area contributed by atoms with Crippen LogP contribution in [0, 0.1) is 0 Å². The van der Waals surface area contributed by atoms with E-state index in [1.807, 2.05) is 48.7 Å². The van der Waals surface area contributed by atoms with Gasteiger partial charge in [0.15, 0.2) is 10.3 Å². The summed E-state index contributed by atoms with van der Waals surface area (Å²) in [6.45, 7) is 2.52. The van der Waals surface area contributed by atoms with E-state index in [0.717, 1.165) is 16.5 Å². The lowest BCUT2D eigenvalue weighted by atomic mass is 10.1. The van der Waals surface area contributed by atoms with Gasteiger partial charge in [-0.2, -0.15) is 0 Å². The minimum atomic E-state index is -0.336. The van der Waals surface area contributed by atoms with Crippen LogP contribution < -0.4 is 5.32 Å². The van der Waals surface area contributed by atoms with Crippen LogP contribution in [0.1, 0.15) is 23.9 Å². The van der Waals surface area contributed by atoms with Gasteiger partial charge in [0.25, 0.3) is 0 Å². The molecule has 4 aromatic rings. The zero-order chi connectivity index (χ0) is 20.8. The second kappa shape index (κ2) is 9.69. The van der Waals surface area contributed by atoms with E-state index in [9.17, 15) is 4.79 Å². The van der Waals surface area contributed by atoms with Crippen molar-refractivity contribution in [3.63, 3.8) is 0 Å². The molecule has 2 heterocycles. The molecule has 1 amide bonds. The summed E-state index contributed by atoms with van der Waals surface area (Å²) in [6.07, 6.45) is 2.35. The number of nitrogens with zero attached hydrogens (tertiary/aromatic N) is 4. The molecule has 152 valence electrons. The molecule has 2 aromatic heterocycles. The summed E-state index contributed by atoms with van der Waals surface area (Å²) >= 11 is 2.80. The Labute approximate surface area is 183 Å². The van der Waals surface area contributed by atoms with Gasteiger partial charge >= 0.3 is 0 Å². The molecule has 0 radical (unpaired) electrons. The van der Waals surface area contributed by atoms with Crippen molar-refractivity contribution in [1.29, 1.82) is 0 Å². The van der Waals surface area contributed by atoms with Crippen molar-refractivity contribution in [3.8, 4) is 0 Å². The summed E-state index contributed by atoms with van der Waals surface area (Å²) in [5.74, 6) is 0.772. The van der Waals surface area contributed by atoms with Crippen LogP contribution in [0.5, 0.6) is 0 Å². The van der Waals surface area contributed by atoms with Crippen molar-refractivity contribution in [1.82, 2.24) is 19.7 Å². The van der Waals surface area contributed by atoms with E-state index in [1.54, 1.807) is 6.20 Å². The van der Waals surface area contributed by atoms with Crippen LogP contribution in [0.2, 0.25) is 0 Å². The standard InChI is InChI=1S/C22H21N5OS2/c1-16(20(28)24-21-23-12-13-29-21)30-22-26-25-19(14-17-8-4-2-5-9-17)27(22)15-18-10-6-3-7-11-18/h2-13,16H,14-15H2,1H3,(H,23,24,28)/t16-/m0/s1. The normalized spacial score (nSPS) is 11.9. The number of nitrogens with one attached hydrogen (secondary N) is 1. The lowest BCUT2D eigenvalue weighted by Crippen LogP contribution is -2.23. The van der Waals surface area contributed by atoms with Crippen molar-refractivity contribution in [2.24, 2.45) is 0 Å². The number of amides is 1. The number of anilines is 1. The molecule has 0 saturated heterocycles. The molecule has 2 aromatic carbocycles. The summed E-state index contributed by atoms with van der Waals surface area (Å²) in [4.78, 5) is 16.7. The average molecular weight is 436 g/mol. The van der Waals surface area contributed by atoms with Crippen LogP contribution >= 0.6 is 23.1 Å². The second-order valence-electron chi connectivity index (χ2n) is 6.72. The van der Waals surface area contributed by atoms with Gasteiger partial charge in [0.1, 0.15) is 5.82 Å². The molecule has 0 saturated carbocycles. The van der Waals surface area contributed by atoms with Crippen molar-refractivity contribution in [2.45, 2.75) is 30.3 Å². The van der Waals surface area contributed by atoms with Crippen molar-refractivity contribution >= 4 is 34.1 Å². The average Bonchev–Trinajstić information content (AvgIpc) is 3.41. The predicted molar refractivity (Wildman–Crippen MR) is 121 cm³/mol. The molecule has 0 spiro atoms. The number of thiazole rings is 1. The fraction of sp³-hybridized carbons (Fsp3) is 0.182. The molecule has 0 fully saturated rings. The molecule has 1 atom stereocenters. The van der Waals surface area contributed by atoms with Crippen molar-refractivity contribution in [2.75, 3.05) is 5.32 Å². The van der Waals surface area contributed by atoms with E-state index in [0.29, 0.717) is 18.1 Å². The molecule has 0 bridgehead atoms. The molecule has 1 N–H and O–H groups in total. The molecule has 0 unspecified atom stereocenters. The maximum atomic E-state index is 12.6. The molecule has 0 aliphatic rings. The van der Waals surface area contributed by atoms with Gasteiger partial charge in [0.05, 0.1) is 11.8 Å². The molecule has 30 heavy (non-hydrogen) atoms. The third-order valence-corrected chi connectivity index (χ3v) is 6.26. The van der Waals surface area contributed by atoms with Crippen LogP contribution in [-0.4, -0.2) is 30.9 Å². The Balaban J connectivity index is 1.56.